The second-order valence-electron chi connectivity index (χ2n) is 4.74. The van der Waals surface area contributed by atoms with Crippen LogP contribution in [0.3, 0.4) is 0 Å². The van der Waals surface area contributed by atoms with E-state index < -0.39 is 6.03 Å². The van der Waals surface area contributed by atoms with Crippen LogP contribution in [0, 0.1) is 0 Å². The number of anilines is 2. The van der Waals surface area contributed by atoms with Gasteiger partial charge in [0, 0.05) is 12.2 Å². The third kappa shape index (κ3) is 4.23. The zero-order valence-electron chi connectivity index (χ0n) is 13.2. The van der Waals surface area contributed by atoms with E-state index in [9.17, 15) is 4.79 Å². The van der Waals surface area contributed by atoms with Gasteiger partial charge >= 0.3 is 6.03 Å². The quantitative estimate of drug-likeness (QED) is 0.636. The van der Waals surface area contributed by atoms with Crippen molar-refractivity contribution in [2.45, 2.75) is 6.92 Å². The number of ether oxygens (including phenoxy) is 1. The lowest BCUT2D eigenvalue weighted by molar-refractivity contribution is 0.249. The number of hydrazone groups is 1. The predicted octanol–water partition coefficient (Wildman–Crippen LogP) is 2.86. The molecule has 2 rings (SSSR count). The Balaban J connectivity index is 2.22. The lowest BCUT2D eigenvalue weighted by Crippen LogP contribution is -2.24. The number of amides is 2. The molecule has 0 aliphatic carbocycles. The maximum atomic E-state index is 10.6. The number of carbonyl (C=O) groups is 1. The molecule has 120 valence electrons. The molecule has 0 aromatic heterocycles. The molecular weight excluding hydrogens is 292 g/mol. The number of methoxy groups -OCH3 is 1. The summed E-state index contributed by atoms with van der Waals surface area (Å²) in [6.07, 6.45) is 1.54. The molecule has 23 heavy (non-hydrogen) atoms. The minimum Gasteiger partial charge on any atom is -0.495 e. The van der Waals surface area contributed by atoms with Gasteiger partial charge in [-0.2, -0.15) is 5.10 Å². The van der Waals surface area contributed by atoms with Gasteiger partial charge in [0.15, 0.2) is 0 Å². The van der Waals surface area contributed by atoms with Crippen LogP contribution in [0.5, 0.6) is 5.75 Å². The molecule has 0 aliphatic rings. The molecule has 0 atom stereocenters. The maximum absolute atomic E-state index is 10.6. The van der Waals surface area contributed by atoms with Crippen LogP contribution in [0.15, 0.2) is 53.6 Å². The number of nitrogens with two attached hydrogens (primary N) is 1. The first-order valence-corrected chi connectivity index (χ1v) is 7.24. The van der Waals surface area contributed by atoms with Gasteiger partial charge in [-0.25, -0.2) is 10.2 Å². The molecule has 3 N–H and O–H groups in total. The molecule has 6 nitrogen and oxygen atoms in total. The maximum Gasteiger partial charge on any atom is 0.332 e. The first kappa shape index (κ1) is 16.4. The fraction of sp³-hybridized carbons (Fsp3) is 0.176. The van der Waals surface area contributed by atoms with Crippen molar-refractivity contribution in [1.82, 2.24) is 5.43 Å². The van der Waals surface area contributed by atoms with Crippen molar-refractivity contribution in [3.8, 4) is 5.75 Å². The van der Waals surface area contributed by atoms with Gasteiger partial charge in [-0.15, -0.1) is 0 Å². The highest BCUT2D eigenvalue weighted by molar-refractivity contribution is 5.82. The predicted molar refractivity (Wildman–Crippen MR) is 92.4 cm³/mol. The minimum atomic E-state index is -0.689. The summed E-state index contributed by atoms with van der Waals surface area (Å²) in [4.78, 5) is 12.7. The zero-order valence-corrected chi connectivity index (χ0v) is 13.2. The first-order valence-electron chi connectivity index (χ1n) is 7.24. The third-order valence-electron chi connectivity index (χ3n) is 3.29. The second-order valence-corrected chi connectivity index (χ2v) is 4.74. The number of nitrogens with zero attached hydrogens (tertiary/aromatic N) is 2. The van der Waals surface area contributed by atoms with Crippen molar-refractivity contribution in [3.63, 3.8) is 0 Å². The van der Waals surface area contributed by atoms with Gasteiger partial charge in [0.2, 0.25) is 0 Å². The Hall–Kier alpha value is -3.02. The van der Waals surface area contributed by atoms with Crippen molar-refractivity contribution in [2.24, 2.45) is 10.8 Å². The fourth-order valence-corrected chi connectivity index (χ4v) is 2.26. The van der Waals surface area contributed by atoms with Gasteiger partial charge in [-0.05, 0) is 36.8 Å². The van der Waals surface area contributed by atoms with E-state index in [1.807, 2.05) is 48.5 Å². The molecule has 0 heterocycles. The summed E-state index contributed by atoms with van der Waals surface area (Å²) in [6.45, 7) is 2.88. The Morgan fingerprint density at radius 1 is 1.26 bits per heavy atom. The molecule has 0 saturated heterocycles. The topological polar surface area (TPSA) is 80.0 Å². The molecule has 0 spiro atoms. The third-order valence-corrected chi connectivity index (χ3v) is 3.29. The van der Waals surface area contributed by atoms with Crippen LogP contribution in [-0.4, -0.2) is 25.9 Å². The molecule has 0 unspecified atom stereocenters. The molecule has 0 aliphatic heterocycles. The van der Waals surface area contributed by atoms with E-state index in [0.717, 1.165) is 29.2 Å². The average molecular weight is 312 g/mol. The summed E-state index contributed by atoms with van der Waals surface area (Å²) in [5, 5.41) is 3.74. The lowest BCUT2D eigenvalue weighted by Gasteiger charge is -2.25. The van der Waals surface area contributed by atoms with Crippen LogP contribution in [0.4, 0.5) is 16.2 Å². The summed E-state index contributed by atoms with van der Waals surface area (Å²) in [5.41, 5.74) is 10.0. The number of hydrogen-bond donors (Lipinski definition) is 2. The monoisotopic (exact) mass is 312 g/mol. The number of para-hydroxylation sites is 2. The number of rotatable bonds is 6. The molecule has 6 heteroatoms. The van der Waals surface area contributed by atoms with Crippen LogP contribution in [0.2, 0.25) is 0 Å². The molecule has 0 saturated carbocycles. The standard InChI is InChI=1S/C17H20N4O2/c1-3-21(15-6-4-5-7-16(15)23-2)14-10-8-13(9-11-14)12-19-20-17(18)22/h4-12H,3H2,1-2H3,(H3,18,20,22)/b19-12-. The summed E-state index contributed by atoms with van der Waals surface area (Å²) >= 11 is 0. The van der Waals surface area contributed by atoms with E-state index in [1.165, 1.54) is 6.21 Å². The van der Waals surface area contributed by atoms with Gasteiger partial charge in [0.05, 0.1) is 19.0 Å². The first-order chi connectivity index (χ1) is 11.2. The second kappa shape index (κ2) is 7.84. The highest BCUT2D eigenvalue weighted by Gasteiger charge is 2.11. The average Bonchev–Trinajstić information content (AvgIpc) is 2.57. The highest BCUT2D eigenvalue weighted by Crippen LogP contribution is 2.33. The van der Waals surface area contributed by atoms with Crippen molar-refractivity contribution in [2.75, 3.05) is 18.6 Å². The van der Waals surface area contributed by atoms with Crippen molar-refractivity contribution < 1.29 is 9.53 Å². The number of nitrogens with one attached hydrogen (secondary N) is 1. The summed E-state index contributed by atoms with van der Waals surface area (Å²) in [6, 6.07) is 15.0. The van der Waals surface area contributed by atoms with E-state index in [4.69, 9.17) is 10.5 Å². The van der Waals surface area contributed by atoms with Crippen LogP contribution >= 0.6 is 0 Å². The van der Waals surface area contributed by atoms with Gasteiger partial charge in [-0.1, -0.05) is 24.3 Å². The number of primary amides is 1. The minimum absolute atomic E-state index is 0.689. The van der Waals surface area contributed by atoms with Crippen LogP contribution < -0.4 is 20.8 Å². The molecule has 2 aromatic rings. The normalized spacial score (nSPS) is 10.5. The summed E-state index contributed by atoms with van der Waals surface area (Å²) in [5.74, 6) is 0.825. The van der Waals surface area contributed by atoms with Crippen LogP contribution in [-0.2, 0) is 0 Å². The summed E-state index contributed by atoms with van der Waals surface area (Å²) < 4.78 is 5.43. The molecule has 2 aromatic carbocycles. The highest BCUT2D eigenvalue weighted by atomic mass is 16.5. The number of hydrogen-bond acceptors (Lipinski definition) is 4. The zero-order chi connectivity index (χ0) is 16.7. The Kier molecular flexibility index (Phi) is 5.57. The van der Waals surface area contributed by atoms with Crippen molar-refractivity contribution >= 4 is 23.6 Å². The van der Waals surface area contributed by atoms with Crippen molar-refractivity contribution in [3.05, 3.63) is 54.1 Å². The van der Waals surface area contributed by atoms with Gasteiger partial charge in [-0.3, -0.25) is 0 Å². The van der Waals surface area contributed by atoms with E-state index in [2.05, 4.69) is 22.4 Å². The molecular formula is C17H20N4O2. The Morgan fingerprint density at radius 2 is 1.96 bits per heavy atom. The Morgan fingerprint density at radius 3 is 2.57 bits per heavy atom. The van der Waals surface area contributed by atoms with E-state index in [0.29, 0.717) is 0 Å². The van der Waals surface area contributed by atoms with Crippen LogP contribution in [0.1, 0.15) is 12.5 Å². The van der Waals surface area contributed by atoms with Crippen LogP contribution in [0.25, 0.3) is 0 Å². The van der Waals surface area contributed by atoms with E-state index >= 15 is 0 Å². The molecule has 0 radical (unpaired) electrons. The van der Waals surface area contributed by atoms with Gasteiger partial charge in [0.1, 0.15) is 5.75 Å². The Bertz CT molecular complexity index is 683. The van der Waals surface area contributed by atoms with Gasteiger partial charge < -0.3 is 15.4 Å². The number of benzene rings is 2. The SMILES string of the molecule is CCN(c1ccc(/C=N\NC(N)=O)cc1)c1ccccc1OC. The molecule has 2 amide bonds. The molecule has 0 fully saturated rings. The van der Waals surface area contributed by atoms with Gasteiger partial charge in [0.25, 0.3) is 0 Å². The largest absolute Gasteiger partial charge is 0.495 e. The van der Waals surface area contributed by atoms with E-state index in [-0.39, 0.29) is 0 Å². The Labute approximate surface area is 135 Å². The molecule has 0 bridgehead atoms. The van der Waals surface area contributed by atoms with E-state index in [1.54, 1.807) is 7.11 Å². The smallest absolute Gasteiger partial charge is 0.332 e. The lowest BCUT2D eigenvalue weighted by atomic mass is 10.2. The number of carbonyl (C=O) groups excluding carboxylic acids is 1. The van der Waals surface area contributed by atoms with Crippen molar-refractivity contribution in [1.29, 1.82) is 0 Å². The number of urea groups is 1. The summed E-state index contributed by atoms with van der Waals surface area (Å²) in [7, 11) is 1.66. The fourth-order valence-electron chi connectivity index (χ4n) is 2.26.